The Labute approximate surface area is 89.2 Å². The molecule has 1 radical (unpaired) electrons. The third-order valence-corrected chi connectivity index (χ3v) is 2.03. The van der Waals surface area contributed by atoms with Crippen LogP contribution in [-0.2, 0) is 6.42 Å². The van der Waals surface area contributed by atoms with Crippen molar-refractivity contribution in [3.8, 4) is 0 Å². The minimum absolute atomic E-state index is 0.324. The normalized spacial score (nSPS) is 11.3. The lowest BCUT2D eigenvalue weighted by atomic mass is 10.1. The summed E-state index contributed by atoms with van der Waals surface area (Å²) in [7, 11) is 0. The summed E-state index contributed by atoms with van der Waals surface area (Å²) in [5, 5.41) is 0. The molecule has 0 heterocycles. The fourth-order valence-corrected chi connectivity index (χ4v) is 1.15. The van der Waals surface area contributed by atoms with E-state index in [4.69, 9.17) is 11.6 Å². The lowest BCUT2D eigenvalue weighted by Gasteiger charge is -2.07. The van der Waals surface area contributed by atoms with Crippen LogP contribution in [0.15, 0.2) is 11.6 Å². The number of allylic oxidation sites excluding steroid dienone is 1. The second kappa shape index (κ2) is 4.66. The Balaban J connectivity index is 3.38. The highest BCUT2D eigenvalue weighted by molar-refractivity contribution is 6.25. The van der Waals surface area contributed by atoms with E-state index in [1.807, 2.05) is 0 Å². The molecule has 1 aromatic rings. The Morgan fingerprint density at radius 1 is 1.00 bits per heavy atom. The molecule has 0 aliphatic carbocycles. The molecule has 0 N–H and O–H groups in total. The van der Waals surface area contributed by atoms with Gasteiger partial charge < -0.3 is 0 Å². The second-order valence-corrected chi connectivity index (χ2v) is 3.03. The van der Waals surface area contributed by atoms with E-state index < -0.39 is 34.4 Å². The molecule has 0 aromatic heterocycles. The maximum atomic E-state index is 13.1. The third kappa shape index (κ3) is 2.15. The Bertz CT molecular complexity index is 383. The predicted molar refractivity (Wildman–Crippen MR) is 49.4 cm³/mol. The van der Waals surface area contributed by atoms with E-state index in [9.17, 15) is 17.6 Å². The van der Waals surface area contributed by atoms with Crippen LogP contribution in [0.5, 0.6) is 0 Å². The summed E-state index contributed by atoms with van der Waals surface area (Å²) >= 11 is 5.14. The lowest BCUT2D eigenvalue weighted by Crippen LogP contribution is -2.05. The van der Waals surface area contributed by atoms with Gasteiger partial charge in [0.05, 0.1) is 0 Å². The molecular formula is C10H6ClF4. The van der Waals surface area contributed by atoms with Gasteiger partial charge in [0, 0.05) is 16.7 Å². The van der Waals surface area contributed by atoms with E-state index in [-0.39, 0.29) is 6.42 Å². The molecule has 0 amide bonds. The van der Waals surface area contributed by atoms with Crippen LogP contribution in [0.2, 0.25) is 0 Å². The Hall–Kier alpha value is -1.03. The van der Waals surface area contributed by atoms with Crippen molar-refractivity contribution in [2.75, 3.05) is 0 Å². The van der Waals surface area contributed by atoms with E-state index in [1.165, 1.54) is 6.08 Å². The van der Waals surface area contributed by atoms with Gasteiger partial charge in [-0.15, -0.1) is 0 Å². The van der Waals surface area contributed by atoms with Crippen molar-refractivity contribution < 1.29 is 17.6 Å². The van der Waals surface area contributed by atoms with Crippen molar-refractivity contribution >= 4 is 11.6 Å². The third-order valence-electron chi connectivity index (χ3n) is 1.86. The second-order valence-electron chi connectivity index (χ2n) is 2.78. The van der Waals surface area contributed by atoms with Crippen molar-refractivity contribution in [3.63, 3.8) is 0 Å². The van der Waals surface area contributed by atoms with Gasteiger partial charge in [-0.25, -0.2) is 17.6 Å². The molecule has 0 saturated heterocycles. The lowest BCUT2D eigenvalue weighted by molar-refractivity contribution is 0.437. The average Bonchev–Trinajstić information content (AvgIpc) is 2.24. The fraction of sp³-hybridized carbons (Fsp3) is 0.100. The van der Waals surface area contributed by atoms with Gasteiger partial charge in [-0.3, -0.25) is 0 Å². The minimum Gasteiger partial charge on any atom is -0.203 e. The van der Waals surface area contributed by atoms with Gasteiger partial charge in [0.1, 0.15) is 0 Å². The summed E-state index contributed by atoms with van der Waals surface area (Å²) in [4.78, 5) is 0. The van der Waals surface area contributed by atoms with Crippen molar-refractivity contribution in [3.05, 3.63) is 52.9 Å². The quantitative estimate of drug-likeness (QED) is 0.543. The van der Waals surface area contributed by atoms with Crippen LogP contribution in [0.1, 0.15) is 11.1 Å². The predicted octanol–water partition coefficient (Wildman–Crippen LogP) is 3.72. The van der Waals surface area contributed by atoms with Crippen molar-refractivity contribution in [2.24, 2.45) is 0 Å². The molecule has 0 saturated carbocycles. The molecule has 0 nitrogen and oxygen atoms in total. The number of hydrogen-bond acceptors (Lipinski definition) is 0. The summed E-state index contributed by atoms with van der Waals surface area (Å²) in [6.45, 7) is 2.89. The molecule has 1 rings (SSSR count). The van der Waals surface area contributed by atoms with Gasteiger partial charge in [0.15, 0.2) is 23.3 Å². The van der Waals surface area contributed by atoms with Crippen LogP contribution >= 0.6 is 11.6 Å². The van der Waals surface area contributed by atoms with Crippen LogP contribution in [0.25, 0.3) is 0 Å². The number of rotatable bonds is 2. The molecule has 0 unspecified atom stereocenters. The zero-order valence-corrected chi connectivity index (χ0v) is 8.21. The molecule has 0 aliphatic rings. The Kier molecular flexibility index (Phi) is 3.74. The SMILES string of the molecule is [CH2]c1c(F)c(F)c(CC=CCl)c(F)c1F. The van der Waals surface area contributed by atoms with Crippen LogP contribution < -0.4 is 0 Å². The molecule has 5 heteroatoms. The molecular weight excluding hydrogens is 232 g/mol. The number of benzene rings is 1. The standard InChI is InChI=1S/C10H6ClF4/c1-5-7(12)9(14)6(3-2-4-11)10(15)8(5)13/h2,4H,1,3H2. The summed E-state index contributed by atoms with van der Waals surface area (Å²) in [6, 6.07) is 0. The van der Waals surface area contributed by atoms with Crippen LogP contribution in [0, 0.1) is 30.2 Å². The summed E-state index contributed by atoms with van der Waals surface area (Å²) in [5.41, 5.74) is -0.606. The smallest absolute Gasteiger partial charge is 0.165 e. The summed E-state index contributed by atoms with van der Waals surface area (Å²) < 4.78 is 52.2. The van der Waals surface area contributed by atoms with Gasteiger partial charge in [0.25, 0.3) is 0 Å². The van der Waals surface area contributed by atoms with Crippen LogP contribution in [-0.4, -0.2) is 0 Å². The van der Waals surface area contributed by atoms with E-state index >= 15 is 0 Å². The topological polar surface area (TPSA) is 0 Å². The molecule has 0 aliphatic heterocycles. The largest absolute Gasteiger partial charge is 0.203 e. The van der Waals surface area contributed by atoms with Gasteiger partial charge in [-0.05, 0) is 13.3 Å². The van der Waals surface area contributed by atoms with Crippen molar-refractivity contribution in [1.82, 2.24) is 0 Å². The van der Waals surface area contributed by atoms with Gasteiger partial charge in [-0.1, -0.05) is 17.7 Å². The number of hydrogen-bond donors (Lipinski definition) is 0. The first-order valence-electron chi connectivity index (χ1n) is 3.92. The number of halogens is 5. The molecule has 0 bridgehead atoms. The van der Waals surface area contributed by atoms with Crippen molar-refractivity contribution in [1.29, 1.82) is 0 Å². The van der Waals surface area contributed by atoms with Gasteiger partial charge >= 0.3 is 0 Å². The highest BCUT2D eigenvalue weighted by Gasteiger charge is 2.21. The molecule has 0 fully saturated rings. The van der Waals surface area contributed by atoms with E-state index in [2.05, 4.69) is 6.92 Å². The molecule has 0 spiro atoms. The summed E-state index contributed by atoms with van der Waals surface area (Å²) in [6.07, 6.45) is 0.847. The molecule has 1 aromatic carbocycles. The Morgan fingerprint density at radius 2 is 1.47 bits per heavy atom. The van der Waals surface area contributed by atoms with Gasteiger partial charge in [-0.2, -0.15) is 0 Å². The zero-order chi connectivity index (χ0) is 11.6. The first kappa shape index (κ1) is 12.0. The van der Waals surface area contributed by atoms with Gasteiger partial charge in [0.2, 0.25) is 0 Å². The van der Waals surface area contributed by atoms with E-state index in [0.29, 0.717) is 0 Å². The highest BCUT2D eigenvalue weighted by atomic mass is 35.5. The van der Waals surface area contributed by atoms with Crippen molar-refractivity contribution in [2.45, 2.75) is 6.42 Å². The first-order chi connectivity index (χ1) is 7.00. The minimum atomic E-state index is -1.48. The molecule has 81 valence electrons. The highest BCUT2D eigenvalue weighted by Crippen LogP contribution is 2.23. The molecule has 15 heavy (non-hydrogen) atoms. The Morgan fingerprint density at radius 3 is 1.87 bits per heavy atom. The summed E-state index contributed by atoms with van der Waals surface area (Å²) in [5.74, 6) is -5.83. The average molecular weight is 238 g/mol. The zero-order valence-electron chi connectivity index (χ0n) is 7.46. The van der Waals surface area contributed by atoms with E-state index in [0.717, 1.165) is 5.54 Å². The first-order valence-corrected chi connectivity index (χ1v) is 4.36. The van der Waals surface area contributed by atoms with E-state index in [1.54, 1.807) is 0 Å². The maximum absolute atomic E-state index is 13.1. The monoisotopic (exact) mass is 237 g/mol. The van der Waals surface area contributed by atoms with Crippen LogP contribution in [0.4, 0.5) is 17.6 Å². The fourth-order valence-electron chi connectivity index (χ4n) is 1.06. The van der Waals surface area contributed by atoms with Crippen LogP contribution in [0.3, 0.4) is 0 Å². The maximum Gasteiger partial charge on any atom is 0.165 e. The molecule has 0 atom stereocenters.